The molecule has 1 unspecified atom stereocenters. The second-order valence-corrected chi connectivity index (χ2v) is 13.9. The third kappa shape index (κ3) is 4.13. The number of hydrogen-bond donors (Lipinski definition) is 4. The number of aliphatic hydroxyl groups excluding tert-OH is 2. The van der Waals surface area contributed by atoms with Gasteiger partial charge < -0.3 is 20.4 Å². The molecule has 0 radical (unpaired) electrons. The molecule has 7 nitrogen and oxygen atoms in total. The van der Waals surface area contributed by atoms with Crippen molar-refractivity contribution in [2.75, 3.05) is 0 Å². The van der Waals surface area contributed by atoms with E-state index in [-0.39, 0.29) is 41.5 Å². The summed E-state index contributed by atoms with van der Waals surface area (Å²) < 4.78 is 14.7. The van der Waals surface area contributed by atoms with Gasteiger partial charge in [-0.05, 0) is 78.5 Å². The van der Waals surface area contributed by atoms with Gasteiger partial charge in [-0.2, -0.15) is 0 Å². The first-order valence-corrected chi connectivity index (χ1v) is 14.7. The lowest BCUT2D eigenvalue weighted by atomic mass is 9.43. The van der Waals surface area contributed by atoms with E-state index in [9.17, 15) is 39.2 Å². The Kier molecular flexibility index (Phi) is 7.04. The maximum Gasteiger partial charge on any atom is 0.203 e. The van der Waals surface area contributed by atoms with E-state index < -0.39 is 62.7 Å². The van der Waals surface area contributed by atoms with Crippen LogP contribution in [-0.4, -0.2) is 43.4 Å². The van der Waals surface area contributed by atoms with Gasteiger partial charge in [-0.25, -0.2) is 4.39 Å². The molecule has 4 N–H and O–H groups in total. The summed E-state index contributed by atoms with van der Waals surface area (Å²) in [6.45, 7) is 12.0. The fraction of sp³-hybridized carbons (Fsp3) is 0.457. The average Bonchev–Trinajstić information content (AvgIpc) is 2.87. The SMILES string of the molecule is CC(=O)C1=C(O)[C@]2(O)C(=O)C3=C(O)c4c(O)ccc(-c5ccc(F)c(CC(C)C)c5)c4C[C@]3(C)C[C@]2(C)C(C(C)C)C1=O. The second kappa shape index (κ2) is 9.88. The molecule has 3 aliphatic carbocycles. The Balaban J connectivity index is 1.79. The number of phenols is 1. The van der Waals surface area contributed by atoms with Crippen molar-refractivity contribution in [2.24, 2.45) is 28.6 Å². The van der Waals surface area contributed by atoms with Gasteiger partial charge >= 0.3 is 0 Å². The molecule has 0 spiro atoms. The average molecular weight is 591 g/mol. The normalized spacial score (nSPS) is 28.8. The summed E-state index contributed by atoms with van der Waals surface area (Å²) >= 11 is 0. The minimum atomic E-state index is -2.66. The molecular formula is C35H39FO7. The van der Waals surface area contributed by atoms with Gasteiger partial charge in [0.1, 0.15) is 28.7 Å². The molecule has 4 atom stereocenters. The maximum absolute atomic E-state index is 14.7. The predicted octanol–water partition coefficient (Wildman–Crippen LogP) is 6.19. The zero-order valence-corrected chi connectivity index (χ0v) is 25.6. The number of aromatic hydroxyl groups is 1. The highest BCUT2D eigenvalue weighted by atomic mass is 19.1. The highest BCUT2D eigenvalue weighted by molar-refractivity contribution is 6.24. The molecule has 0 amide bonds. The van der Waals surface area contributed by atoms with E-state index in [2.05, 4.69) is 0 Å². The first-order chi connectivity index (χ1) is 19.9. The van der Waals surface area contributed by atoms with Crippen LogP contribution in [0.3, 0.4) is 0 Å². The third-order valence-electron chi connectivity index (χ3n) is 9.87. The summed E-state index contributed by atoms with van der Waals surface area (Å²) in [7, 11) is 0. The van der Waals surface area contributed by atoms with E-state index in [0.717, 1.165) is 6.92 Å². The van der Waals surface area contributed by atoms with E-state index in [1.54, 1.807) is 45.9 Å². The van der Waals surface area contributed by atoms with Gasteiger partial charge in [-0.3, -0.25) is 14.4 Å². The van der Waals surface area contributed by atoms with Crippen LogP contribution in [0, 0.1) is 34.4 Å². The molecule has 1 saturated carbocycles. The van der Waals surface area contributed by atoms with Crippen molar-refractivity contribution in [3.63, 3.8) is 0 Å². The van der Waals surface area contributed by atoms with E-state index in [1.165, 1.54) is 12.1 Å². The Morgan fingerprint density at radius 1 is 1.05 bits per heavy atom. The molecule has 0 aromatic heterocycles. The largest absolute Gasteiger partial charge is 0.508 e. The van der Waals surface area contributed by atoms with E-state index >= 15 is 0 Å². The summed E-state index contributed by atoms with van der Waals surface area (Å²) in [5.74, 6) is -5.73. The number of carbonyl (C=O) groups is 3. The number of carbonyl (C=O) groups excluding carboxylic acids is 3. The first kappa shape index (κ1) is 30.7. The number of halogens is 1. The molecule has 2 aromatic rings. The Hall–Kier alpha value is -3.78. The summed E-state index contributed by atoms with van der Waals surface area (Å²) in [5, 5.41) is 46.2. The van der Waals surface area contributed by atoms with Crippen LogP contribution in [0.25, 0.3) is 16.9 Å². The van der Waals surface area contributed by atoms with Crippen molar-refractivity contribution in [2.45, 2.75) is 73.3 Å². The highest BCUT2D eigenvalue weighted by Crippen LogP contribution is 2.65. The quantitative estimate of drug-likeness (QED) is 0.305. The Labute approximate surface area is 250 Å². The van der Waals surface area contributed by atoms with Crippen molar-refractivity contribution in [3.05, 3.63) is 69.7 Å². The highest BCUT2D eigenvalue weighted by Gasteiger charge is 2.72. The first-order valence-electron chi connectivity index (χ1n) is 14.7. The standard InChI is InChI=1S/C35H39FO7/c1-16(2)12-20-13-19(8-10-23(20)36)21-9-11-24(38)26-22(21)14-33(6)15-34(7)27(17(3)4)29(39)25(18(5)37)31(41)35(34,43)32(42)28(33)30(26)40/h8-11,13,16-17,27,38,40-41,43H,12,14-15H2,1-7H3/t27?,33-,34-,35+/m1/s1. The van der Waals surface area contributed by atoms with Crippen LogP contribution < -0.4 is 0 Å². The number of benzene rings is 2. The molecule has 0 aliphatic heterocycles. The summed E-state index contributed by atoms with van der Waals surface area (Å²) in [6, 6.07) is 7.88. The molecule has 0 saturated heterocycles. The van der Waals surface area contributed by atoms with Crippen LogP contribution in [0.15, 0.2) is 47.2 Å². The molecule has 0 bridgehead atoms. The van der Waals surface area contributed by atoms with Crippen molar-refractivity contribution in [1.82, 2.24) is 0 Å². The topological polar surface area (TPSA) is 132 Å². The molecule has 2 aromatic carbocycles. The van der Waals surface area contributed by atoms with Crippen LogP contribution >= 0.6 is 0 Å². The lowest BCUT2D eigenvalue weighted by Gasteiger charge is -2.59. The van der Waals surface area contributed by atoms with Crippen LogP contribution in [0.1, 0.15) is 71.6 Å². The van der Waals surface area contributed by atoms with E-state index in [1.807, 2.05) is 13.8 Å². The smallest absolute Gasteiger partial charge is 0.203 e. The molecule has 0 heterocycles. The Morgan fingerprint density at radius 2 is 1.70 bits per heavy atom. The molecular weight excluding hydrogens is 551 g/mol. The summed E-state index contributed by atoms with van der Waals surface area (Å²) in [6.07, 6.45) is 0.660. The van der Waals surface area contributed by atoms with Crippen molar-refractivity contribution < 1.29 is 39.2 Å². The van der Waals surface area contributed by atoms with Crippen LogP contribution in [-0.2, 0) is 27.2 Å². The van der Waals surface area contributed by atoms with Crippen molar-refractivity contribution in [1.29, 1.82) is 0 Å². The zero-order valence-electron chi connectivity index (χ0n) is 25.6. The molecule has 228 valence electrons. The van der Waals surface area contributed by atoms with E-state index in [4.69, 9.17) is 0 Å². The molecule has 5 rings (SSSR count). The number of allylic oxidation sites excluding steroid dienone is 1. The molecule has 43 heavy (non-hydrogen) atoms. The van der Waals surface area contributed by atoms with Gasteiger partial charge in [-0.15, -0.1) is 0 Å². The number of fused-ring (bicyclic) bond motifs is 3. The number of hydrogen-bond acceptors (Lipinski definition) is 7. The number of rotatable bonds is 5. The van der Waals surface area contributed by atoms with E-state index in [0.29, 0.717) is 28.7 Å². The maximum atomic E-state index is 14.7. The fourth-order valence-electron chi connectivity index (χ4n) is 8.33. The molecule has 8 heteroatoms. The van der Waals surface area contributed by atoms with Gasteiger partial charge in [0, 0.05) is 22.3 Å². The lowest BCUT2D eigenvalue weighted by Crippen LogP contribution is -2.69. The molecule has 1 fully saturated rings. The Morgan fingerprint density at radius 3 is 2.28 bits per heavy atom. The predicted molar refractivity (Wildman–Crippen MR) is 160 cm³/mol. The van der Waals surface area contributed by atoms with Crippen LogP contribution in [0.2, 0.25) is 0 Å². The zero-order chi connectivity index (χ0) is 32.0. The van der Waals surface area contributed by atoms with Crippen molar-refractivity contribution in [3.8, 4) is 16.9 Å². The van der Waals surface area contributed by atoms with Gasteiger partial charge in [0.05, 0.1) is 5.56 Å². The van der Waals surface area contributed by atoms with Gasteiger partial charge in [0.25, 0.3) is 0 Å². The number of Topliss-reactive ketones (excluding diaryl/α,β-unsaturated/α-hetero) is 3. The Bertz CT molecular complexity index is 1660. The van der Waals surface area contributed by atoms with Gasteiger partial charge in [0.2, 0.25) is 5.78 Å². The fourth-order valence-corrected chi connectivity index (χ4v) is 8.33. The van der Waals surface area contributed by atoms with Crippen molar-refractivity contribution >= 4 is 23.1 Å². The minimum Gasteiger partial charge on any atom is -0.508 e. The minimum absolute atomic E-state index is 0.00200. The third-order valence-corrected chi connectivity index (χ3v) is 9.87. The lowest BCUT2D eigenvalue weighted by molar-refractivity contribution is -0.178. The summed E-state index contributed by atoms with van der Waals surface area (Å²) in [4.78, 5) is 40.7. The van der Waals surface area contributed by atoms with Gasteiger partial charge in [0.15, 0.2) is 17.2 Å². The number of ketones is 3. The summed E-state index contributed by atoms with van der Waals surface area (Å²) in [5.41, 5.74) is -3.71. The van der Waals surface area contributed by atoms with Gasteiger partial charge in [-0.1, -0.05) is 53.7 Å². The monoisotopic (exact) mass is 590 g/mol. The number of aliphatic hydroxyl groups is 3. The second-order valence-electron chi connectivity index (χ2n) is 13.9. The van der Waals surface area contributed by atoms with Crippen LogP contribution in [0.4, 0.5) is 4.39 Å². The molecule has 3 aliphatic rings. The van der Waals surface area contributed by atoms with Crippen LogP contribution in [0.5, 0.6) is 5.75 Å². The number of phenolic OH excluding ortho intramolecular Hbond substituents is 1.